The molecule has 25 heavy (non-hydrogen) atoms. The molecule has 1 aromatic heterocycles. The van der Waals surface area contributed by atoms with Crippen LogP contribution in [0, 0.1) is 12.3 Å². The Morgan fingerprint density at radius 1 is 1.36 bits per heavy atom. The van der Waals surface area contributed by atoms with Gasteiger partial charge in [0.05, 0.1) is 28.8 Å². The van der Waals surface area contributed by atoms with Crippen LogP contribution in [0.2, 0.25) is 5.02 Å². The van der Waals surface area contributed by atoms with Gasteiger partial charge in [-0.25, -0.2) is 4.79 Å². The number of carbonyl (C=O) groups excluding carboxylic acids is 2. The molecular formula is C18H18ClNO4S. The van der Waals surface area contributed by atoms with Gasteiger partial charge in [-0.15, -0.1) is 11.3 Å². The molecule has 1 aromatic carbocycles. The third-order valence-electron chi connectivity index (χ3n) is 3.91. The summed E-state index contributed by atoms with van der Waals surface area (Å²) in [7, 11) is 0. The fourth-order valence-electron chi connectivity index (χ4n) is 2.41. The Balaban J connectivity index is 1.66. The van der Waals surface area contributed by atoms with Crippen molar-refractivity contribution in [2.24, 2.45) is 5.41 Å². The zero-order valence-corrected chi connectivity index (χ0v) is 15.5. The molecule has 3 rings (SSSR count). The lowest BCUT2D eigenvalue weighted by Gasteiger charge is -2.37. The SMILES string of the molecule is Cc1cc(NC(=O)c2ccccc2Cl)sc1C(=O)OCC1(C)COC1. The van der Waals surface area contributed by atoms with Gasteiger partial charge in [0.2, 0.25) is 0 Å². The van der Waals surface area contributed by atoms with Gasteiger partial charge >= 0.3 is 5.97 Å². The highest BCUT2D eigenvalue weighted by Crippen LogP contribution is 2.30. The molecule has 1 aliphatic rings. The summed E-state index contributed by atoms with van der Waals surface area (Å²) in [6.45, 7) is 5.35. The second-order valence-corrected chi connectivity index (χ2v) is 7.90. The average Bonchev–Trinajstić information content (AvgIpc) is 2.91. The standard InChI is InChI=1S/C18H18ClNO4S/c1-11-7-14(20-16(21)12-5-3-4-6-13(12)19)25-15(11)17(22)24-10-18(2)8-23-9-18/h3-7H,8-10H2,1-2H3,(H,20,21). The number of hydrogen-bond acceptors (Lipinski definition) is 5. The van der Waals surface area contributed by atoms with Crippen LogP contribution in [-0.4, -0.2) is 31.7 Å². The predicted octanol–water partition coefficient (Wildman–Crippen LogP) is 4.16. The van der Waals surface area contributed by atoms with Crippen molar-refractivity contribution in [3.63, 3.8) is 0 Å². The molecule has 132 valence electrons. The first-order chi connectivity index (χ1) is 11.9. The van der Waals surface area contributed by atoms with Crippen LogP contribution in [0.4, 0.5) is 5.00 Å². The van der Waals surface area contributed by atoms with Gasteiger partial charge in [-0.1, -0.05) is 30.7 Å². The Kier molecular flexibility index (Phi) is 5.13. The van der Waals surface area contributed by atoms with Crippen LogP contribution in [0.25, 0.3) is 0 Å². The van der Waals surface area contributed by atoms with Crippen LogP contribution < -0.4 is 5.32 Å². The summed E-state index contributed by atoms with van der Waals surface area (Å²) in [5.41, 5.74) is 1.05. The largest absolute Gasteiger partial charge is 0.461 e. The summed E-state index contributed by atoms with van der Waals surface area (Å²) in [6.07, 6.45) is 0. The van der Waals surface area contributed by atoms with E-state index in [1.165, 1.54) is 11.3 Å². The third kappa shape index (κ3) is 4.03. The van der Waals surface area contributed by atoms with Crippen molar-refractivity contribution in [2.75, 3.05) is 25.1 Å². The Bertz CT molecular complexity index is 813. The van der Waals surface area contributed by atoms with Gasteiger partial charge in [-0.2, -0.15) is 0 Å². The normalized spacial score (nSPS) is 15.3. The maximum absolute atomic E-state index is 12.3. The summed E-state index contributed by atoms with van der Waals surface area (Å²) >= 11 is 7.23. The van der Waals surface area contributed by atoms with Crippen molar-refractivity contribution in [3.05, 3.63) is 51.4 Å². The van der Waals surface area contributed by atoms with E-state index in [2.05, 4.69) is 5.32 Å². The number of nitrogens with one attached hydrogen (secondary N) is 1. The minimum absolute atomic E-state index is 0.0953. The highest BCUT2D eigenvalue weighted by molar-refractivity contribution is 7.18. The molecule has 2 aromatic rings. The topological polar surface area (TPSA) is 64.6 Å². The Morgan fingerprint density at radius 3 is 2.72 bits per heavy atom. The maximum Gasteiger partial charge on any atom is 0.348 e. The van der Waals surface area contributed by atoms with E-state index in [-0.39, 0.29) is 17.3 Å². The van der Waals surface area contributed by atoms with Crippen LogP contribution >= 0.6 is 22.9 Å². The minimum atomic E-state index is -0.381. The van der Waals surface area contributed by atoms with Crippen LogP contribution in [0.1, 0.15) is 32.5 Å². The molecule has 0 radical (unpaired) electrons. The van der Waals surface area contributed by atoms with E-state index in [1.807, 2.05) is 13.8 Å². The summed E-state index contributed by atoms with van der Waals surface area (Å²) in [4.78, 5) is 25.1. The molecule has 1 amide bonds. The summed E-state index contributed by atoms with van der Waals surface area (Å²) in [6, 6.07) is 8.56. The zero-order valence-electron chi connectivity index (χ0n) is 13.9. The van der Waals surface area contributed by atoms with Crippen molar-refractivity contribution in [2.45, 2.75) is 13.8 Å². The molecule has 2 heterocycles. The molecule has 7 heteroatoms. The number of carbonyl (C=O) groups is 2. The van der Waals surface area contributed by atoms with Gasteiger partial charge in [-0.3, -0.25) is 4.79 Å². The van der Waals surface area contributed by atoms with Crippen molar-refractivity contribution in [3.8, 4) is 0 Å². The number of esters is 1. The van der Waals surface area contributed by atoms with E-state index >= 15 is 0 Å². The van der Waals surface area contributed by atoms with Crippen molar-refractivity contribution in [1.82, 2.24) is 0 Å². The number of anilines is 1. The Morgan fingerprint density at radius 2 is 2.08 bits per heavy atom. The summed E-state index contributed by atoms with van der Waals surface area (Å²) in [5, 5.41) is 3.73. The fourth-order valence-corrected chi connectivity index (χ4v) is 3.59. The van der Waals surface area contributed by atoms with Gasteiger partial charge in [0.15, 0.2) is 0 Å². The number of thiophene rings is 1. The van der Waals surface area contributed by atoms with Gasteiger partial charge in [0.1, 0.15) is 11.5 Å². The minimum Gasteiger partial charge on any atom is -0.461 e. The molecule has 0 spiro atoms. The zero-order chi connectivity index (χ0) is 18.0. The van der Waals surface area contributed by atoms with Crippen LogP contribution in [0.15, 0.2) is 30.3 Å². The summed E-state index contributed by atoms with van der Waals surface area (Å²) in [5.74, 6) is -0.695. The molecule has 0 saturated carbocycles. The first-order valence-electron chi connectivity index (χ1n) is 7.79. The first kappa shape index (κ1) is 17.9. The highest BCUT2D eigenvalue weighted by Gasteiger charge is 2.35. The van der Waals surface area contributed by atoms with E-state index in [0.29, 0.717) is 40.3 Å². The second kappa shape index (κ2) is 7.15. The van der Waals surface area contributed by atoms with E-state index in [9.17, 15) is 9.59 Å². The Hall–Kier alpha value is -1.89. The molecule has 5 nitrogen and oxygen atoms in total. The van der Waals surface area contributed by atoms with Crippen molar-refractivity contribution < 1.29 is 19.1 Å². The second-order valence-electron chi connectivity index (χ2n) is 6.44. The van der Waals surface area contributed by atoms with Gasteiger partial charge in [0.25, 0.3) is 5.91 Å². The van der Waals surface area contributed by atoms with E-state index in [1.54, 1.807) is 30.3 Å². The molecule has 1 N–H and O–H groups in total. The van der Waals surface area contributed by atoms with E-state index < -0.39 is 0 Å². The quantitative estimate of drug-likeness (QED) is 0.792. The van der Waals surface area contributed by atoms with Gasteiger partial charge in [0, 0.05) is 5.41 Å². The van der Waals surface area contributed by atoms with Gasteiger partial charge in [-0.05, 0) is 30.7 Å². The molecule has 0 bridgehead atoms. The maximum atomic E-state index is 12.3. The number of aryl methyl sites for hydroxylation is 1. The lowest BCUT2D eigenvalue weighted by Crippen LogP contribution is -2.44. The van der Waals surface area contributed by atoms with E-state index in [4.69, 9.17) is 21.1 Å². The monoisotopic (exact) mass is 379 g/mol. The lowest BCUT2D eigenvalue weighted by atomic mass is 9.90. The molecular weight excluding hydrogens is 362 g/mol. The molecule has 1 aliphatic heterocycles. The fraction of sp³-hybridized carbons (Fsp3) is 0.333. The van der Waals surface area contributed by atoms with E-state index in [0.717, 1.165) is 5.56 Å². The number of halogens is 1. The molecule has 0 atom stereocenters. The van der Waals surface area contributed by atoms with Crippen LogP contribution in [-0.2, 0) is 9.47 Å². The van der Waals surface area contributed by atoms with Crippen LogP contribution in [0.5, 0.6) is 0 Å². The van der Waals surface area contributed by atoms with Crippen LogP contribution in [0.3, 0.4) is 0 Å². The lowest BCUT2D eigenvalue weighted by molar-refractivity contribution is -0.127. The number of hydrogen-bond donors (Lipinski definition) is 1. The number of rotatable bonds is 5. The Labute approximate surface area is 154 Å². The molecule has 1 fully saturated rings. The summed E-state index contributed by atoms with van der Waals surface area (Å²) < 4.78 is 10.5. The number of ether oxygens (including phenoxy) is 2. The predicted molar refractivity (Wildman–Crippen MR) is 97.7 cm³/mol. The smallest absolute Gasteiger partial charge is 0.348 e. The van der Waals surface area contributed by atoms with Crippen molar-refractivity contribution in [1.29, 1.82) is 0 Å². The first-order valence-corrected chi connectivity index (χ1v) is 8.99. The molecule has 1 saturated heterocycles. The number of benzene rings is 1. The molecule has 0 unspecified atom stereocenters. The van der Waals surface area contributed by atoms with Crippen molar-refractivity contribution >= 4 is 39.8 Å². The average molecular weight is 380 g/mol. The number of amides is 1. The molecule has 0 aliphatic carbocycles. The van der Waals surface area contributed by atoms with Gasteiger partial charge < -0.3 is 14.8 Å². The highest BCUT2D eigenvalue weighted by atomic mass is 35.5. The third-order valence-corrected chi connectivity index (χ3v) is 5.37.